The Morgan fingerprint density at radius 2 is 1.89 bits per heavy atom. The van der Waals surface area contributed by atoms with Crippen molar-refractivity contribution < 1.29 is 19.4 Å². The van der Waals surface area contributed by atoms with E-state index in [0.29, 0.717) is 33.9 Å². The Labute approximate surface area is 223 Å². The number of aromatic hydroxyl groups is 1. The van der Waals surface area contributed by atoms with Crippen molar-refractivity contribution in [1.29, 1.82) is 0 Å². The molecule has 0 fully saturated rings. The van der Waals surface area contributed by atoms with Gasteiger partial charge in [-0.1, -0.05) is 23.4 Å². The van der Waals surface area contributed by atoms with E-state index < -0.39 is 0 Å². The molecule has 1 amide bonds. The fourth-order valence-electron chi connectivity index (χ4n) is 3.36. The van der Waals surface area contributed by atoms with Gasteiger partial charge >= 0.3 is 0 Å². The number of thioether (sulfide) groups is 1. The van der Waals surface area contributed by atoms with Crippen molar-refractivity contribution >= 4 is 35.5 Å². The molecular weight excluding hydrogens is 514 g/mol. The van der Waals surface area contributed by atoms with E-state index in [1.54, 1.807) is 24.3 Å². The molecule has 0 spiro atoms. The second-order valence-corrected chi connectivity index (χ2v) is 8.97. The van der Waals surface area contributed by atoms with Gasteiger partial charge in [0.2, 0.25) is 0 Å². The number of amides is 1. The van der Waals surface area contributed by atoms with Crippen LogP contribution in [0.5, 0.6) is 17.2 Å². The number of carbonyl (C=O) groups is 1. The summed E-state index contributed by atoms with van der Waals surface area (Å²) in [7, 11) is 1.46. The summed E-state index contributed by atoms with van der Waals surface area (Å²) < 4.78 is 12.5. The van der Waals surface area contributed by atoms with Crippen LogP contribution in [0.1, 0.15) is 12.5 Å². The zero-order valence-electron chi connectivity index (χ0n) is 20.1. The Kier molecular flexibility index (Phi) is 8.65. The van der Waals surface area contributed by atoms with E-state index in [9.17, 15) is 9.90 Å². The Morgan fingerprint density at radius 1 is 1.14 bits per heavy atom. The first-order valence-corrected chi connectivity index (χ1v) is 12.6. The predicted molar refractivity (Wildman–Crippen MR) is 144 cm³/mol. The summed E-state index contributed by atoms with van der Waals surface area (Å²) in [6.07, 6.45) is 1.46. The second-order valence-electron chi connectivity index (χ2n) is 7.59. The van der Waals surface area contributed by atoms with Crippen LogP contribution < -0.4 is 14.9 Å². The van der Waals surface area contributed by atoms with Gasteiger partial charge in [0.05, 0.1) is 25.7 Å². The van der Waals surface area contributed by atoms with Gasteiger partial charge in [-0.15, -0.1) is 10.2 Å². The fourth-order valence-corrected chi connectivity index (χ4v) is 4.23. The van der Waals surface area contributed by atoms with E-state index in [-0.39, 0.29) is 17.4 Å². The van der Waals surface area contributed by atoms with Crippen LogP contribution >= 0.6 is 23.4 Å². The normalized spacial score (nSPS) is 11.0. The lowest BCUT2D eigenvalue weighted by molar-refractivity contribution is -0.118. The molecule has 1 heterocycles. The first-order chi connectivity index (χ1) is 18.0. The van der Waals surface area contributed by atoms with Crippen LogP contribution in [0.4, 0.5) is 0 Å². The standard InChI is InChI=1S/C26H24ClN5O4S/c1-3-36-21-11-9-20(10-12-21)32-25(18-5-7-19(27)8-6-18)30-31-26(32)37-16-24(34)29-28-15-17-4-13-22(33)23(14-17)35-2/h4-15,33H,3,16H2,1-2H3,(H,29,34). The molecule has 190 valence electrons. The number of hydrogen-bond acceptors (Lipinski definition) is 8. The molecule has 0 aliphatic carbocycles. The van der Waals surface area contributed by atoms with Crippen molar-refractivity contribution in [3.8, 4) is 34.3 Å². The van der Waals surface area contributed by atoms with Gasteiger partial charge in [-0.05, 0) is 79.2 Å². The third-order valence-electron chi connectivity index (χ3n) is 5.08. The molecule has 4 aromatic rings. The summed E-state index contributed by atoms with van der Waals surface area (Å²) in [5, 5.41) is 23.5. The summed E-state index contributed by atoms with van der Waals surface area (Å²) >= 11 is 7.29. The largest absolute Gasteiger partial charge is 0.504 e. The Hall–Kier alpha value is -4.02. The van der Waals surface area contributed by atoms with Gasteiger partial charge in [0.1, 0.15) is 5.75 Å². The van der Waals surface area contributed by atoms with Crippen LogP contribution in [0.3, 0.4) is 0 Å². The minimum absolute atomic E-state index is 0.0229. The number of aromatic nitrogens is 3. The molecule has 0 saturated carbocycles. The number of hydrogen-bond donors (Lipinski definition) is 2. The number of halogens is 1. The Balaban J connectivity index is 1.50. The first kappa shape index (κ1) is 26.1. The summed E-state index contributed by atoms with van der Waals surface area (Å²) in [6, 6.07) is 19.6. The Morgan fingerprint density at radius 3 is 2.59 bits per heavy atom. The number of ether oxygens (including phenoxy) is 2. The van der Waals surface area contributed by atoms with E-state index in [4.69, 9.17) is 21.1 Å². The number of hydrazone groups is 1. The third kappa shape index (κ3) is 6.60. The number of methoxy groups -OCH3 is 1. The van der Waals surface area contributed by atoms with Gasteiger partial charge in [-0.25, -0.2) is 5.43 Å². The number of benzene rings is 3. The smallest absolute Gasteiger partial charge is 0.250 e. The summed E-state index contributed by atoms with van der Waals surface area (Å²) in [5.41, 5.74) is 4.80. The molecule has 0 saturated heterocycles. The van der Waals surface area contributed by atoms with E-state index in [0.717, 1.165) is 17.0 Å². The average Bonchev–Trinajstić information content (AvgIpc) is 3.33. The zero-order chi connectivity index (χ0) is 26.2. The molecular formula is C26H24ClN5O4S. The SMILES string of the molecule is CCOc1ccc(-n2c(SCC(=O)NN=Cc3ccc(O)c(OC)c3)nnc2-c2ccc(Cl)cc2)cc1. The van der Waals surface area contributed by atoms with Crippen LogP contribution in [-0.4, -0.2) is 51.5 Å². The van der Waals surface area contributed by atoms with Gasteiger partial charge in [0.15, 0.2) is 22.5 Å². The highest BCUT2D eigenvalue weighted by atomic mass is 35.5. The fraction of sp³-hybridized carbons (Fsp3) is 0.154. The topological polar surface area (TPSA) is 111 Å². The lowest BCUT2D eigenvalue weighted by atomic mass is 10.2. The number of nitrogens with zero attached hydrogens (tertiary/aromatic N) is 4. The molecule has 11 heteroatoms. The first-order valence-electron chi connectivity index (χ1n) is 11.2. The lowest BCUT2D eigenvalue weighted by Gasteiger charge is -2.11. The van der Waals surface area contributed by atoms with Crippen LogP contribution in [0.2, 0.25) is 5.02 Å². The molecule has 0 unspecified atom stereocenters. The van der Waals surface area contributed by atoms with Crippen molar-refractivity contribution in [3.63, 3.8) is 0 Å². The molecule has 4 rings (SSSR count). The van der Waals surface area contributed by atoms with Crippen molar-refractivity contribution in [2.24, 2.45) is 5.10 Å². The van der Waals surface area contributed by atoms with Gasteiger partial charge in [-0.2, -0.15) is 5.10 Å². The van der Waals surface area contributed by atoms with E-state index in [1.165, 1.54) is 31.2 Å². The number of phenols is 1. The summed E-state index contributed by atoms with van der Waals surface area (Å²) in [5.74, 6) is 1.45. The highest BCUT2D eigenvalue weighted by Crippen LogP contribution is 2.30. The quantitative estimate of drug-likeness (QED) is 0.167. The third-order valence-corrected chi connectivity index (χ3v) is 6.26. The number of phenolic OH excluding ortho intramolecular Hbond substituents is 1. The molecule has 0 atom stereocenters. The van der Waals surface area contributed by atoms with Crippen molar-refractivity contribution in [1.82, 2.24) is 20.2 Å². The highest BCUT2D eigenvalue weighted by Gasteiger charge is 2.17. The maximum atomic E-state index is 12.5. The maximum absolute atomic E-state index is 12.5. The molecule has 37 heavy (non-hydrogen) atoms. The molecule has 0 bridgehead atoms. The van der Waals surface area contributed by atoms with E-state index >= 15 is 0 Å². The summed E-state index contributed by atoms with van der Waals surface area (Å²) in [6.45, 7) is 2.50. The molecule has 3 aromatic carbocycles. The van der Waals surface area contributed by atoms with Crippen LogP contribution in [-0.2, 0) is 4.79 Å². The van der Waals surface area contributed by atoms with Crippen molar-refractivity contribution in [3.05, 3.63) is 77.3 Å². The number of carbonyl (C=O) groups excluding carboxylic acids is 1. The maximum Gasteiger partial charge on any atom is 0.250 e. The minimum atomic E-state index is -0.318. The van der Waals surface area contributed by atoms with Gasteiger partial charge < -0.3 is 14.6 Å². The second kappa shape index (κ2) is 12.3. The van der Waals surface area contributed by atoms with E-state index in [2.05, 4.69) is 20.7 Å². The average molecular weight is 538 g/mol. The monoisotopic (exact) mass is 537 g/mol. The molecule has 1 aromatic heterocycles. The minimum Gasteiger partial charge on any atom is -0.504 e. The molecule has 2 N–H and O–H groups in total. The van der Waals surface area contributed by atoms with Crippen LogP contribution in [0, 0.1) is 0 Å². The lowest BCUT2D eigenvalue weighted by Crippen LogP contribution is -2.20. The summed E-state index contributed by atoms with van der Waals surface area (Å²) in [4.78, 5) is 12.5. The molecule has 0 radical (unpaired) electrons. The van der Waals surface area contributed by atoms with Crippen molar-refractivity contribution in [2.75, 3.05) is 19.5 Å². The van der Waals surface area contributed by atoms with Crippen LogP contribution in [0.15, 0.2) is 77.0 Å². The zero-order valence-corrected chi connectivity index (χ0v) is 21.7. The van der Waals surface area contributed by atoms with Gasteiger partial charge in [0, 0.05) is 16.3 Å². The highest BCUT2D eigenvalue weighted by molar-refractivity contribution is 7.99. The predicted octanol–water partition coefficient (Wildman–Crippen LogP) is 4.94. The molecule has 0 aliphatic heterocycles. The number of nitrogens with one attached hydrogen (secondary N) is 1. The van der Waals surface area contributed by atoms with Crippen molar-refractivity contribution in [2.45, 2.75) is 12.1 Å². The van der Waals surface area contributed by atoms with E-state index in [1.807, 2.05) is 47.9 Å². The molecule has 9 nitrogen and oxygen atoms in total. The Bertz CT molecular complexity index is 1390. The van der Waals surface area contributed by atoms with Crippen LogP contribution in [0.25, 0.3) is 17.1 Å². The van der Waals surface area contributed by atoms with Gasteiger partial charge in [-0.3, -0.25) is 9.36 Å². The molecule has 0 aliphatic rings. The van der Waals surface area contributed by atoms with Gasteiger partial charge in [0.25, 0.3) is 5.91 Å². The number of rotatable bonds is 10.